The van der Waals surface area contributed by atoms with Crippen molar-refractivity contribution in [2.75, 3.05) is 30.7 Å². The molecule has 0 bridgehead atoms. The second-order valence-electron chi connectivity index (χ2n) is 7.10. The second kappa shape index (κ2) is 8.42. The topological polar surface area (TPSA) is 104 Å². The van der Waals surface area contributed by atoms with Gasteiger partial charge in [0.2, 0.25) is 26.0 Å². The van der Waals surface area contributed by atoms with Crippen LogP contribution in [0.4, 0.5) is 10.1 Å². The van der Waals surface area contributed by atoms with Crippen LogP contribution in [-0.4, -0.2) is 54.0 Å². The molecule has 1 fully saturated rings. The summed E-state index contributed by atoms with van der Waals surface area (Å²) < 4.78 is 65.8. The van der Waals surface area contributed by atoms with Gasteiger partial charge in [-0.2, -0.15) is 0 Å². The predicted octanol–water partition coefficient (Wildman–Crippen LogP) is 1.47. The molecule has 1 aliphatic rings. The third-order valence-corrected chi connectivity index (χ3v) is 7.94. The first kappa shape index (κ1) is 22.3. The number of benzene rings is 2. The minimum absolute atomic E-state index is 0.0434. The lowest BCUT2D eigenvalue weighted by atomic mass is 10.1. The van der Waals surface area contributed by atoms with E-state index in [9.17, 15) is 26.0 Å². The summed E-state index contributed by atoms with van der Waals surface area (Å²) >= 11 is 0. The van der Waals surface area contributed by atoms with E-state index in [0.717, 1.165) is 5.56 Å². The summed E-state index contributed by atoms with van der Waals surface area (Å²) in [6.45, 7) is 0.0434. The van der Waals surface area contributed by atoms with E-state index in [1.807, 2.05) is 4.90 Å². The van der Waals surface area contributed by atoms with Crippen LogP contribution in [-0.2, 0) is 24.8 Å². The molecule has 1 amide bonds. The summed E-state index contributed by atoms with van der Waals surface area (Å²) in [6.07, 6.45) is -0.0980. The Labute approximate surface area is 175 Å². The zero-order chi connectivity index (χ0) is 22.1. The highest BCUT2D eigenvalue weighted by Crippen LogP contribution is 2.26. The van der Waals surface area contributed by atoms with Crippen LogP contribution in [0.3, 0.4) is 0 Å². The molecule has 3 rings (SSSR count). The van der Waals surface area contributed by atoms with Crippen molar-refractivity contribution >= 4 is 31.6 Å². The predicted molar refractivity (Wildman–Crippen MR) is 110 cm³/mol. The number of carbonyl (C=O) groups is 1. The average Bonchev–Trinajstić information content (AvgIpc) is 2.95. The van der Waals surface area contributed by atoms with Crippen molar-refractivity contribution in [3.63, 3.8) is 0 Å². The van der Waals surface area contributed by atoms with Gasteiger partial charge in [0.15, 0.2) is 0 Å². The molecule has 1 atom stereocenters. The maximum absolute atomic E-state index is 13.2. The zero-order valence-corrected chi connectivity index (χ0v) is 18.1. The third kappa shape index (κ3) is 4.69. The van der Waals surface area contributed by atoms with Crippen molar-refractivity contribution in [2.24, 2.45) is 0 Å². The van der Waals surface area contributed by atoms with E-state index in [0.29, 0.717) is 4.31 Å². The van der Waals surface area contributed by atoms with Crippen molar-refractivity contribution < 1.29 is 26.0 Å². The number of likely N-dealkylation sites (N-methyl/N-ethyl adjacent to an activating group) is 1. The molecule has 0 radical (unpaired) electrons. The van der Waals surface area contributed by atoms with Crippen LogP contribution < -0.4 is 9.03 Å². The largest absolute Gasteiger partial charge is 0.301 e. The molecular formula is C19H22FN3O5S2. The first-order valence-electron chi connectivity index (χ1n) is 9.09. The fraction of sp³-hybridized carbons (Fsp3) is 0.316. The quantitative estimate of drug-likeness (QED) is 0.678. The first-order valence-corrected chi connectivity index (χ1v) is 12.2. The van der Waals surface area contributed by atoms with Gasteiger partial charge in [0, 0.05) is 19.0 Å². The lowest BCUT2D eigenvalue weighted by Gasteiger charge is -2.25. The van der Waals surface area contributed by atoms with Gasteiger partial charge in [-0.05, 0) is 56.1 Å². The maximum atomic E-state index is 13.2. The number of nitrogens with zero attached hydrogens (tertiary/aromatic N) is 2. The number of carbonyl (C=O) groups excluding carboxylic acids is 1. The van der Waals surface area contributed by atoms with E-state index in [1.165, 1.54) is 36.4 Å². The van der Waals surface area contributed by atoms with Gasteiger partial charge in [-0.25, -0.2) is 30.3 Å². The van der Waals surface area contributed by atoms with Crippen molar-refractivity contribution in [2.45, 2.75) is 17.4 Å². The molecule has 0 spiro atoms. The van der Waals surface area contributed by atoms with Crippen LogP contribution in [0.25, 0.3) is 0 Å². The van der Waals surface area contributed by atoms with Gasteiger partial charge in [0.1, 0.15) is 5.82 Å². The van der Waals surface area contributed by atoms with Gasteiger partial charge in [0.25, 0.3) is 0 Å². The van der Waals surface area contributed by atoms with E-state index in [4.69, 9.17) is 0 Å². The molecule has 0 aromatic heterocycles. The Morgan fingerprint density at radius 2 is 1.70 bits per heavy atom. The molecule has 1 unspecified atom stereocenters. The lowest BCUT2D eigenvalue weighted by molar-refractivity contribution is -0.116. The summed E-state index contributed by atoms with van der Waals surface area (Å²) in [7, 11) is -4.04. The highest BCUT2D eigenvalue weighted by Gasteiger charge is 2.36. The molecule has 1 N–H and O–H groups in total. The number of hydrogen-bond acceptors (Lipinski definition) is 6. The van der Waals surface area contributed by atoms with E-state index >= 15 is 0 Å². The Kier molecular flexibility index (Phi) is 6.27. The Balaban J connectivity index is 1.76. The molecule has 1 aliphatic heterocycles. The Bertz CT molecular complexity index is 1130. The van der Waals surface area contributed by atoms with Crippen LogP contribution in [0.1, 0.15) is 18.0 Å². The molecule has 1 heterocycles. The minimum atomic E-state index is -3.89. The summed E-state index contributed by atoms with van der Waals surface area (Å²) in [5, 5.41) is 0. The number of halogens is 1. The van der Waals surface area contributed by atoms with Crippen LogP contribution >= 0.6 is 0 Å². The third-order valence-electron chi connectivity index (χ3n) is 4.80. The molecule has 0 aliphatic carbocycles. The first-order chi connectivity index (χ1) is 14.0. The van der Waals surface area contributed by atoms with Crippen LogP contribution in [0.2, 0.25) is 0 Å². The molecular weight excluding hydrogens is 433 g/mol. The van der Waals surface area contributed by atoms with E-state index < -0.39 is 26.0 Å². The monoisotopic (exact) mass is 455 g/mol. The van der Waals surface area contributed by atoms with E-state index in [1.54, 1.807) is 26.2 Å². The smallest absolute Gasteiger partial charge is 0.242 e. The van der Waals surface area contributed by atoms with E-state index in [-0.39, 0.29) is 41.2 Å². The highest BCUT2D eigenvalue weighted by atomic mass is 32.2. The standard InChI is InChI=1S/C19H22FN3O5S2/c1-22(2)18(14-3-5-15(20)6-4-14)13-21-30(27,28)17-9-7-16(8-10-17)23-19(24)11-12-29(23,25)26/h3-10,18,21H,11-13H2,1-2H3. The molecule has 162 valence electrons. The SMILES string of the molecule is CN(C)C(CNS(=O)(=O)c1ccc(N2C(=O)CCS2(=O)=O)cc1)c1ccc(F)cc1. The van der Waals surface area contributed by atoms with Gasteiger partial charge >= 0.3 is 0 Å². The summed E-state index contributed by atoms with van der Waals surface area (Å²) in [5.74, 6) is -1.18. The number of nitrogens with one attached hydrogen (secondary N) is 1. The van der Waals surface area contributed by atoms with Gasteiger partial charge < -0.3 is 4.90 Å². The number of amides is 1. The van der Waals surface area contributed by atoms with Gasteiger partial charge in [0.05, 0.1) is 16.3 Å². The normalized spacial score (nSPS) is 17.5. The van der Waals surface area contributed by atoms with Crippen LogP contribution in [0, 0.1) is 5.82 Å². The number of anilines is 1. The van der Waals surface area contributed by atoms with Crippen molar-refractivity contribution in [3.05, 3.63) is 59.9 Å². The number of rotatable bonds is 7. The molecule has 8 nitrogen and oxygen atoms in total. The van der Waals surface area contributed by atoms with Crippen LogP contribution in [0.5, 0.6) is 0 Å². The fourth-order valence-electron chi connectivity index (χ4n) is 3.18. The van der Waals surface area contributed by atoms with Gasteiger partial charge in [-0.15, -0.1) is 0 Å². The maximum Gasteiger partial charge on any atom is 0.242 e. The Morgan fingerprint density at radius 3 is 2.20 bits per heavy atom. The summed E-state index contributed by atoms with van der Waals surface area (Å²) in [6, 6.07) is 10.6. The van der Waals surface area contributed by atoms with Crippen molar-refractivity contribution in [1.29, 1.82) is 0 Å². The van der Waals surface area contributed by atoms with Crippen LogP contribution in [0.15, 0.2) is 53.4 Å². The fourth-order valence-corrected chi connectivity index (χ4v) is 5.68. The van der Waals surface area contributed by atoms with Gasteiger partial charge in [-0.1, -0.05) is 12.1 Å². The highest BCUT2D eigenvalue weighted by molar-refractivity contribution is 7.94. The van der Waals surface area contributed by atoms with Crippen molar-refractivity contribution in [3.8, 4) is 0 Å². The summed E-state index contributed by atoms with van der Waals surface area (Å²) in [4.78, 5) is 13.6. The Hall–Kier alpha value is -2.34. The number of sulfonamides is 2. The molecule has 0 saturated carbocycles. The van der Waals surface area contributed by atoms with E-state index in [2.05, 4.69) is 4.72 Å². The average molecular weight is 456 g/mol. The zero-order valence-electron chi connectivity index (χ0n) is 16.4. The lowest BCUT2D eigenvalue weighted by Crippen LogP contribution is -2.34. The van der Waals surface area contributed by atoms with Crippen molar-refractivity contribution in [1.82, 2.24) is 9.62 Å². The molecule has 2 aromatic rings. The minimum Gasteiger partial charge on any atom is -0.301 e. The Morgan fingerprint density at radius 1 is 1.10 bits per heavy atom. The molecule has 1 saturated heterocycles. The summed E-state index contributed by atoms with van der Waals surface area (Å²) in [5.41, 5.74) is 0.853. The molecule has 11 heteroatoms. The second-order valence-corrected chi connectivity index (χ2v) is 10.8. The molecule has 2 aromatic carbocycles. The number of hydrogen-bond donors (Lipinski definition) is 1. The van der Waals surface area contributed by atoms with Gasteiger partial charge in [-0.3, -0.25) is 4.79 Å². The molecule has 30 heavy (non-hydrogen) atoms.